The maximum absolute atomic E-state index is 13.7. The quantitative estimate of drug-likeness (QED) is 0.179. The van der Waals surface area contributed by atoms with Crippen LogP contribution >= 0.6 is 11.8 Å². The molecule has 1 N–H and O–H groups in total. The largest absolute Gasteiger partial charge is 0.459 e. The van der Waals surface area contributed by atoms with Gasteiger partial charge in [-0.05, 0) is 92.4 Å². The van der Waals surface area contributed by atoms with E-state index in [0.29, 0.717) is 18.4 Å². The van der Waals surface area contributed by atoms with Crippen LogP contribution in [0.2, 0.25) is 0 Å². The zero-order valence-electron chi connectivity index (χ0n) is 23.5. The molecule has 7 nitrogen and oxygen atoms in total. The molecule has 0 saturated heterocycles. The molecule has 0 bridgehead atoms. The van der Waals surface area contributed by atoms with E-state index in [2.05, 4.69) is 62.9 Å². The fourth-order valence-corrected chi connectivity index (χ4v) is 6.24. The molecule has 212 valence electrons. The van der Waals surface area contributed by atoms with Crippen LogP contribution in [-0.2, 0) is 6.54 Å². The van der Waals surface area contributed by atoms with Crippen LogP contribution in [0.15, 0.2) is 89.7 Å². The van der Waals surface area contributed by atoms with Crippen LogP contribution < -0.4 is 5.32 Å². The highest BCUT2D eigenvalue weighted by Crippen LogP contribution is 2.37. The molecule has 1 atom stereocenters. The highest BCUT2D eigenvalue weighted by atomic mass is 32.2. The molecule has 7 rings (SSSR count). The molecule has 3 aromatic carbocycles. The normalized spacial score (nSPS) is 14.2. The van der Waals surface area contributed by atoms with E-state index in [1.165, 1.54) is 25.0 Å². The number of rotatable bonds is 10. The van der Waals surface area contributed by atoms with Crippen LogP contribution in [0, 0.1) is 5.82 Å². The average Bonchev–Trinajstić information content (AvgIpc) is 3.61. The van der Waals surface area contributed by atoms with Crippen molar-refractivity contribution in [3.63, 3.8) is 0 Å². The van der Waals surface area contributed by atoms with Crippen molar-refractivity contribution in [2.75, 3.05) is 24.4 Å². The zero-order valence-corrected chi connectivity index (χ0v) is 24.3. The summed E-state index contributed by atoms with van der Waals surface area (Å²) in [4.78, 5) is 11.5. The summed E-state index contributed by atoms with van der Waals surface area (Å²) < 4.78 is 22.0. The number of benzene rings is 3. The molecule has 1 aliphatic carbocycles. The average molecular weight is 579 g/mol. The first-order valence-electron chi connectivity index (χ1n) is 14.1. The van der Waals surface area contributed by atoms with Gasteiger partial charge < -0.3 is 9.73 Å². The Hall–Kier alpha value is -4.21. The third kappa shape index (κ3) is 5.37. The molecule has 1 aliphatic rings. The number of hydrogen-bond donors (Lipinski definition) is 1. The summed E-state index contributed by atoms with van der Waals surface area (Å²) in [5.74, 6) is 3.30. The summed E-state index contributed by atoms with van der Waals surface area (Å²) in [6.45, 7) is 0.497. The van der Waals surface area contributed by atoms with Gasteiger partial charge in [-0.25, -0.2) is 14.4 Å². The van der Waals surface area contributed by atoms with Crippen molar-refractivity contribution >= 4 is 45.1 Å². The van der Waals surface area contributed by atoms with Crippen molar-refractivity contribution in [3.05, 3.63) is 102 Å². The van der Waals surface area contributed by atoms with Crippen molar-refractivity contribution in [3.8, 4) is 11.3 Å². The first kappa shape index (κ1) is 26.7. The molecule has 0 spiro atoms. The van der Waals surface area contributed by atoms with E-state index in [0.717, 1.165) is 55.9 Å². The first-order chi connectivity index (χ1) is 20.6. The van der Waals surface area contributed by atoms with E-state index in [1.807, 2.05) is 53.0 Å². The minimum absolute atomic E-state index is 0.246. The van der Waals surface area contributed by atoms with E-state index < -0.39 is 0 Å². The number of fused-ring (bicyclic) bond motifs is 2. The Morgan fingerprint density at radius 2 is 1.98 bits per heavy atom. The maximum atomic E-state index is 13.7. The van der Waals surface area contributed by atoms with Crippen LogP contribution in [0.1, 0.15) is 30.2 Å². The molecular weight excluding hydrogens is 547 g/mol. The maximum Gasteiger partial charge on any atom is 0.141 e. The molecule has 42 heavy (non-hydrogen) atoms. The lowest BCUT2D eigenvalue weighted by Crippen LogP contribution is -2.28. The highest BCUT2D eigenvalue weighted by Gasteiger charge is 2.33. The zero-order chi connectivity index (χ0) is 28.6. The van der Waals surface area contributed by atoms with Crippen molar-refractivity contribution in [1.29, 1.82) is 0 Å². The van der Waals surface area contributed by atoms with Crippen LogP contribution in [0.25, 0.3) is 33.1 Å². The monoisotopic (exact) mass is 578 g/mol. The highest BCUT2D eigenvalue weighted by molar-refractivity contribution is 7.98. The Bertz CT molecular complexity index is 1880. The van der Waals surface area contributed by atoms with Crippen LogP contribution in [-0.4, -0.2) is 49.7 Å². The molecule has 1 fully saturated rings. The lowest BCUT2D eigenvalue weighted by molar-refractivity contribution is 0.227. The van der Waals surface area contributed by atoms with Gasteiger partial charge in [-0.1, -0.05) is 12.1 Å². The van der Waals surface area contributed by atoms with Gasteiger partial charge in [0.2, 0.25) is 0 Å². The number of nitrogens with zero attached hydrogens (tertiary/aromatic N) is 5. The minimum atomic E-state index is -0.246. The van der Waals surface area contributed by atoms with Gasteiger partial charge in [0.25, 0.3) is 0 Å². The SMILES string of the molecule is CSCC(c1ccc(-c2ccc3ncnc(Nc4ccc5c(cnn5Cc5cccc(F)c5)c4)c3c2)o1)N(C)C1CC1. The summed E-state index contributed by atoms with van der Waals surface area (Å²) in [5.41, 5.74) is 4.56. The van der Waals surface area contributed by atoms with E-state index >= 15 is 0 Å². The molecule has 3 heterocycles. The van der Waals surface area contributed by atoms with E-state index in [9.17, 15) is 4.39 Å². The third-order valence-electron chi connectivity index (χ3n) is 7.94. The molecule has 6 aromatic rings. The van der Waals surface area contributed by atoms with Crippen LogP contribution in [0.5, 0.6) is 0 Å². The van der Waals surface area contributed by atoms with E-state index in [-0.39, 0.29) is 11.9 Å². The Balaban J connectivity index is 1.15. The predicted octanol–water partition coefficient (Wildman–Crippen LogP) is 7.67. The van der Waals surface area contributed by atoms with Gasteiger partial charge in [-0.2, -0.15) is 16.9 Å². The number of hydrogen-bond acceptors (Lipinski definition) is 7. The fraction of sp³-hybridized carbons (Fsp3) is 0.242. The summed E-state index contributed by atoms with van der Waals surface area (Å²) in [5, 5.41) is 9.91. The minimum Gasteiger partial charge on any atom is -0.459 e. The van der Waals surface area contributed by atoms with Gasteiger partial charge in [0.05, 0.1) is 29.8 Å². The van der Waals surface area contributed by atoms with Crippen LogP contribution in [0.4, 0.5) is 15.9 Å². The molecule has 1 unspecified atom stereocenters. The summed E-state index contributed by atoms with van der Waals surface area (Å²) in [6, 6.07) is 23.9. The smallest absolute Gasteiger partial charge is 0.141 e. The van der Waals surface area contributed by atoms with Crippen molar-refractivity contribution in [2.24, 2.45) is 0 Å². The Morgan fingerprint density at radius 3 is 2.81 bits per heavy atom. The van der Waals surface area contributed by atoms with Gasteiger partial charge >= 0.3 is 0 Å². The Labute approximate surface area is 247 Å². The topological polar surface area (TPSA) is 72.0 Å². The molecule has 0 amide bonds. The second kappa shape index (κ2) is 11.2. The number of nitrogens with one attached hydrogen (secondary N) is 1. The summed E-state index contributed by atoms with van der Waals surface area (Å²) >= 11 is 1.85. The Kier molecular flexibility index (Phi) is 7.13. The molecule has 1 saturated carbocycles. The van der Waals surface area contributed by atoms with Gasteiger partial charge in [0.1, 0.15) is 29.5 Å². The van der Waals surface area contributed by atoms with Gasteiger partial charge in [-0.15, -0.1) is 0 Å². The second-order valence-corrected chi connectivity index (χ2v) is 11.8. The molecule has 3 aromatic heterocycles. The van der Waals surface area contributed by atoms with Crippen molar-refractivity contribution < 1.29 is 8.81 Å². The van der Waals surface area contributed by atoms with Crippen molar-refractivity contribution in [1.82, 2.24) is 24.6 Å². The van der Waals surface area contributed by atoms with Gasteiger partial charge in [-0.3, -0.25) is 9.58 Å². The number of halogens is 1. The molecule has 0 aliphatic heterocycles. The lowest BCUT2D eigenvalue weighted by atomic mass is 10.1. The summed E-state index contributed by atoms with van der Waals surface area (Å²) in [7, 11) is 2.21. The number of thioether (sulfide) groups is 1. The lowest BCUT2D eigenvalue weighted by Gasteiger charge is -2.25. The van der Waals surface area contributed by atoms with E-state index in [4.69, 9.17) is 4.42 Å². The fourth-order valence-electron chi connectivity index (χ4n) is 5.53. The number of anilines is 2. The number of aromatic nitrogens is 4. The second-order valence-electron chi connectivity index (χ2n) is 10.9. The van der Waals surface area contributed by atoms with Gasteiger partial charge in [0.15, 0.2) is 0 Å². The molecule has 9 heteroatoms. The third-order valence-corrected chi connectivity index (χ3v) is 8.59. The van der Waals surface area contributed by atoms with E-state index in [1.54, 1.807) is 12.4 Å². The predicted molar refractivity (Wildman–Crippen MR) is 168 cm³/mol. The van der Waals surface area contributed by atoms with Crippen LogP contribution in [0.3, 0.4) is 0 Å². The summed E-state index contributed by atoms with van der Waals surface area (Å²) in [6.07, 6.45) is 8.08. The standard InChI is InChI=1S/C33H31FN6OS/c1-39(26-8-9-26)30(19-42-2)32-13-12-31(41-32)22-6-10-28-27(16-22)33(36-20-35-28)38-25-7-11-29-23(15-25)17-37-40(29)18-21-4-3-5-24(34)14-21/h3-7,10-17,20,26,30H,8-9,18-19H2,1-2H3,(H,35,36,38). The Morgan fingerprint density at radius 1 is 1.07 bits per heavy atom. The van der Waals surface area contributed by atoms with Crippen molar-refractivity contribution in [2.45, 2.75) is 31.5 Å². The first-order valence-corrected chi connectivity index (χ1v) is 15.5. The molecule has 0 radical (unpaired) electrons. The number of furan rings is 1. The molecular formula is C33H31FN6OS. The van der Waals surface area contributed by atoms with Gasteiger partial charge in [0, 0.05) is 33.8 Å².